The van der Waals surface area contributed by atoms with E-state index in [4.69, 9.17) is 4.74 Å². The molecular weight excluding hydrogens is 404 g/mol. The molecule has 1 saturated heterocycles. The molecule has 32 heavy (non-hydrogen) atoms. The van der Waals surface area contributed by atoms with Crippen LogP contribution in [-0.2, 0) is 0 Å². The Morgan fingerprint density at radius 1 is 1.03 bits per heavy atom. The fourth-order valence-corrected chi connectivity index (χ4v) is 3.56. The number of anilines is 3. The van der Waals surface area contributed by atoms with Crippen LogP contribution in [-0.4, -0.2) is 41.7 Å². The van der Waals surface area contributed by atoms with Gasteiger partial charge in [0.25, 0.3) is 0 Å². The molecule has 4 rings (SSSR count). The molecule has 2 amide bonds. The van der Waals surface area contributed by atoms with E-state index < -0.39 is 0 Å². The molecule has 3 N–H and O–H groups in total. The third-order valence-electron chi connectivity index (χ3n) is 5.52. The molecule has 1 aliphatic rings. The van der Waals surface area contributed by atoms with E-state index in [0.29, 0.717) is 23.4 Å². The maximum absolute atomic E-state index is 12.3. The predicted molar refractivity (Wildman–Crippen MR) is 127 cm³/mol. The summed E-state index contributed by atoms with van der Waals surface area (Å²) in [6.45, 7) is 8.96. The molecule has 0 radical (unpaired) electrons. The first-order chi connectivity index (χ1) is 15.5. The van der Waals surface area contributed by atoms with Crippen LogP contribution in [0, 0.1) is 13.8 Å². The molecule has 1 fully saturated rings. The smallest absolute Gasteiger partial charge is 0.323 e. The summed E-state index contributed by atoms with van der Waals surface area (Å²) in [5, 5.41) is 9.05. The Morgan fingerprint density at radius 2 is 1.78 bits per heavy atom. The van der Waals surface area contributed by atoms with Crippen molar-refractivity contribution in [1.82, 2.24) is 15.3 Å². The lowest BCUT2D eigenvalue weighted by molar-refractivity contribution is 0.262. The normalized spacial score (nSPS) is 15.8. The number of urea groups is 1. The molecule has 0 spiro atoms. The van der Waals surface area contributed by atoms with Crippen molar-refractivity contribution in [2.75, 3.05) is 35.2 Å². The van der Waals surface area contributed by atoms with Gasteiger partial charge in [-0.15, -0.1) is 0 Å². The number of piperazine rings is 1. The maximum Gasteiger partial charge on any atom is 0.323 e. The number of ether oxygens (including phenoxy) is 1. The number of hydrogen-bond acceptors (Lipinski definition) is 6. The van der Waals surface area contributed by atoms with Crippen molar-refractivity contribution in [1.29, 1.82) is 0 Å². The van der Waals surface area contributed by atoms with Gasteiger partial charge in [-0.1, -0.05) is 6.07 Å². The highest BCUT2D eigenvalue weighted by Crippen LogP contribution is 2.25. The van der Waals surface area contributed by atoms with Crippen molar-refractivity contribution in [2.45, 2.75) is 26.8 Å². The number of aryl methyl sites for hydroxylation is 2. The van der Waals surface area contributed by atoms with Crippen LogP contribution in [0.5, 0.6) is 11.6 Å². The predicted octanol–water partition coefficient (Wildman–Crippen LogP) is 4.33. The first-order valence-electron chi connectivity index (χ1n) is 10.7. The van der Waals surface area contributed by atoms with E-state index in [0.717, 1.165) is 36.7 Å². The van der Waals surface area contributed by atoms with Gasteiger partial charge in [0.05, 0.1) is 0 Å². The summed E-state index contributed by atoms with van der Waals surface area (Å²) in [4.78, 5) is 23.2. The second kappa shape index (κ2) is 9.65. The van der Waals surface area contributed by atoms with Crippen molar-refractivity contribution in [3.8, 4) is 11.6 Å². The molecule has 0 unspecified atom stereocenters. The Kier molecular flexibility index (Phi) is 6.51. The molecule has 3 aromatic rings. The second-order valence-electron chi connectivity index (χ2n) is 7.97. The van der Waals surface area contributed by atoms with Gasteiger partial charge in [-0.05, 0) is 68.3 Å². The van der Waals surface area contributed by atoms with Gasteiger partial charge in [0.1, 0.15) is 17.9 Å². The van der Waals surface area contributed by atoms with Crippen LogP contribution in [0.4, 0.5) is 22.0 Å². The lowest BCUT2D eigenvalue weighted by atomic mass is 10.1. The molecule has 2 heterocycles. The summed E-state index contributed by atoms with van der Waals surface area (Å²) in [5.74, 6) is 1.96. The van der Waals surface area contributed by atoms with Crippen molar-refractivity contribution in [3.05, 3.63) is 66.0 Å². The minimum atomic E-state index is -0.299. The fraction of sp³-hybridized carbons (Fsp3) is 0.292. The number of benzene rings is 2. The number of nitrogens with zero attached hydrogens (tertiary/aromatic N) is 3. The number of nitrogens with one attached hydrogen (secondary N) is 3. The SMILES string of the molecule is Cc1ccc(NC(=O)Nc2ccc(Oc3cc(N4CCNC[C@H]4C)ncn3)cc2)cc1C. The Hall–Kier alpha value is -3.65. The average molecular weight is 433 g/mol. The van der Waals surface area contributed by atoms with Crippen LogP contribution in [0.15, 0.2) is 54.9 Å². The molecule has 0 bridgehead atoms. The lowest BCUT2D eigenvalue weighted by Gasteiger charge is -2.34. The van der Waals surface area contributed by atoms with Gasteiger partial charge in [-0.2, -0.15) is 0 Å². The van der Waals surface area contributed by atoms with E-state index in [9.17, 15) is 4.79 Å². The van der Waals surface area contributed by atoms with Gasteiger partial charge in [0.15, 0.2) is 0 Å². The van der Waals surface area contributed by atoms with Crippen molar-refractivity contribution >= 4 is 23.2 Å². The summed E-state index contributed by atoms with van der Waals surface area (Å²) in [6.07, 6.45) is 1.52. The molecule has 8 heteroatoms. The molecule has 0 saturated carbocycles. The van der Waals surface area contributed by atoms with Gasteiger partial charge in [-0.25, -0.2) is 14.8 Å². The summed E-state index contributed by atoms with van der Waals surface area (Å²) >= 11 is 0. The summed E-state index contributed by atoms with van der Waals surface area (Å²) in [6, 6.07) is 14.9. The molecule has 1 aromatic heterocycles. The Balaban J connectivity index is 1.36. The number of amides is 2. The summed E-state index contributed by atoms with van der Waals surface area (Å²) in [7, 11) is 0. The average Bonchev–Trinajstić information content (AvgIpc) is 2.78. The highest BCUT2D eigenvalue weighted by Gasteiger charge is 2.20. The molecule has 1 atom stereocenters. The Bertz CT molecular complexity index is 1090. The molecule has 8 nitrogen and oxygen atoms in total. The number of carbonyl (C=O) groups excluding carboxylic acids is 1. The van der Waals surface area contributed by atoms with E-state index in [2.05, 4.69) is 37.7 Å². The van der Waals surface area contributed by atoms with Crippen LogP contribution < -0.4 is 25.6 Å². The molecular formula is C24H28N6O2. The van der Waals surface area contributed by atoms with E-state index in [1.807, 2.05) is 38.1 Å². The molecule has 1 aliphatic heterocycles. The summed E-state index contributed by atoms with van der Waals surface area (Å²) in [5.41, 5.74) is 3.73. The summed E-state index contributed by atoms with van der Waals surface area (Å²) < 4.78 is 5.90. The van der Waals surface area contributed by atoms with Crippen molar-refractivity contribution in [2.24, 2.45) is 0 Å². The van der Waals surface area contributed by atoms with Crippen LogP contribution >= 0.6 is 0 Å². The van der Waals surface area contributed by atoms with E-state index in [-0.39, 0.29) is 6.03 Å². The molecule has 2 aromatic carbocycles. The number of aromatic nitrogens is 2. The van der Waals surface area contributed by atoms with Crippen LogP contribution in [0.1, 0.15) is 18.1 Å². The number of hydrogen-bond donors (Lipinski definition) is 3. The van der Waals surface area contributed by atoms with Crippen molar-refractivity contribution in [3.63, 3.8) is 0 Å². The Labute approximate surface area is 188 Å². The third kappa shape index (κ3) is 5.33. The monoisotopic (exact) mass is 432 g/mol. The van der Waals surface area contributed by atoms with Crippen molar-refractivity contribution < 1.29 is 9.53 Å². The van der Waals surface area contributed by atoms with Crippen LogP contribution in [0.2, 0.25) is 0 Å². The Morgan fingerprint density at radius 3 is 2.53 bits per heavy atom. The zero-order valence-corrected chi connectivity index (χ0v) is 18.6. The number of rotatable bonds is 5. The minimum Gasteiger partial charge on any atom is -0.439 e. The number of carbonyl (C=O) groups is 1. The van der Waals surface area contributed by atoms with Gasteiger partial charge < -0.3 is 25.6 Å². The molecule has 166 valence electrons. The lowest BCUT2D eigenvalue weighted by Crippen LogP contribution is -2.50. The highest BCUT2D eigenvalue weighted by molar-refractivity contribution is 5.99. The second-order valence-corrected chi connectivity index (χ2v) is 7.97. The van der Waals surface area contributed by atoms with Gasteiger partial charge >= 0.3 is 6.03 Å². The van der Waals surface area contributed by atoms with E-state index in [1.165, 1.54) is 11.9 Å². The topological polar surface area (TPSA) is 91.4 Å². The molecule has 0 aliphatic carbocycles. The van der Waals surface area contributed by atoms with Gasteiger partial charge in [0, 0.05) is 43.1 Å². The standard InChI is InChI=1S/C24H28N6O2/c1-16-4-5-20(12-17(16)2)29-24(31)28-19-6-8-21(9-7-19)32-23-13-22(26-15-27-23)30-11-10-25-14-18(30)3/h4-9,12-13,15,18,25H,10-11,14H2,1-3H3,(H2,28,29,31)/t18-/m1/s1. The largest absolute Gasteiger partial charge is 0.439 e. The van der Waals surface area contributed by atoms with Crippen LogP contribution in [0.3, 0.4) is 0 Å². The quantitative estimate of drug-likeness (QED) is 0.556. The van der Waals surface area contributed by atoms with Gasteiger partial charge in [0.2, 0.25) is 5.88 Å². The fourth-order valence-electron chi connectivity index (χ4n) is 3.56. The first kappa shape index (κ1) is 21.6. The minimum absolute atomic E-state index is 0.299. The third-order valence-corrected chi connectivity index (χ3v) is 5.52. The zero-order chi connectivity index (χ0) is 22.5. The van der Waals surface area contributed by atoms with Gasteiger partial charge in [-0.3, -0.25) is 0 Å². The maximum atomic E-state index is 12.3. The van der Waals surface area contributed by atoms with Crippen LogP contribution in [0.25, 0.3) is 0 Å². The first-order valence-corrected chi connectivity index (χ1v) is 10.7. The van der Waals surface area contributed by atoms with E-state index in [1.54, 1.807) is 24.3 Å². The van der Waals surface area contributed by atoms with E-state index >= 15 is 0 Å². The highest BCUT2D eigenvalue weighted by atomic mass is 16.5. The zero-order valence-electron chi connectivity index (χ0n) is 18.6.